The Morgan fingerprint density at radius 3 is 2.62 bits per heavy atom. The number of halogens is 2. The summed E-state index contributed by atoms with van der Waals surface area (Å²) in [5.74, 6) is -0.108. The zero-order valence-electron chi connectivity index (χ0n) is 18.6. The zero-order valence-corrected chi connectivity index (χ0v) is 18.6. The topological polar surface area (TPSA) is 87.9 Å². The third kappa shape index (κ3) is 4.76. The highest BCUT2D eigenvalue weighted by Crippen LogP contribution is 2.27. The summed E-state index contributed by atoms with van der Waals surface area (Å²) in [7, 11) is 0. The van der Waals surface area contributed by atoms with Crippen molar-refractivity contribution in [2.75, 3.05) is 18.4 Å². The van der Waals surface area contributed by atoms with Crippen molar-refractivity contribution in [2.24, 2.45) is 5.92 Å². The highest BCUT2D eigenvalue weighted by Gasteiger charge is 2.20. The van der Waals surface area contributed by atoms with Gasteiger partial charge in [0.1, 0.15) is 11.3 Å². The lowest BCUT2D eigenvalue weighted by Crippen LogP contribution is -2.32. The fourth-order valence-corrected chi connectivity index (χ4v) is 4.33. The summed E-state index contributed by atoms with van der Waals surface area (Å²) in [5, 5.41) is 16.0. The van der Waals surface area contributed by atoms with Gasteiger partial charge in [-0.3, -0.25) is 0 Å². The van der Waals surface area contributed by atoms with Gasteiger partial charge in [-0.1, -0.05) is 30.3 Å². The first-order chi connectivity index (χ1) is 16.6. The maximum Gasteiger partial charge on any atom is 0.225 e. The van der Waals surface area contributed by atoms with Gasteiger partial charge in [0, 0.05) is 18.7 Å². The molecule has 0 bridgehead atoms. The van der Waals surface area contributed by atoms with E-state index < -0.39 is 11.6 Å². The number of anilines is 1. The summed E-state index contributed by atoms with van der Waals surface area (Å²) in [6.45, 7) is 2.99. The first-order valence-electron chi connectivity index (χ1n) is 11.4. The third-order valence-corrected chi connectivity index (χ3v) is 6.16. The minimum atomic E-state index is -0.883. The van der Waals surface area contributed by atoms with Gasteiger partial charge in [-0.25, -0.2) is 18.7 Å². The molecule has 5 rings (SSSR count). The Hall–Kier alpha value is -3.43. The predicted molar refractivity (Wildman–Crippen MR) is 126 cm³/mol. The molecule has 1 aliphatic heterocycles. The Labute approximate surface area is 195 Å². The molecule has 0 saturated carbocycles. The highest BCUT2D eigenvalue weighted by atomic mass is 19.2. The summed E-state index contributed by atoms with van der Waals surface area (Å²) < 4.78 is 28.9. The molecule has 1 saturated heterocycles. The number of imidazole rings is 1. The summed E-state index contributed by atoms with van der Waals surface area (Å²) in [6, 6.07) is 11.5. The molecule has 3 N–H and O–H groups in total. The SMILES string of the molecule is OCc1ccc(-c2nc3cnc(NCc4ccc(F)c(F)c4)nc3n2C[C@@H]2CCCNC2)cc1. The average Bonchev–Trinajstić information content (AvgIpc) is 3.23. The number of benzene rings is 2. The quantitative estimate of drug-likeness (QED) is 0.385. The zero-order chi connectivity index (χ0) is 23.5. The lowest BCUT2D eigenvalue weighted by molar-refractivity contribution is 0.282. The normalized spacial score (nSPS) is 16.1. The van der Waals surface area contributed by atoms with E-state index in [2.05, 4.69) is 20.2 Å². The number of rotatable bonds is 7. The van der Waals surface area contributed by atoms with E-state index in [1.165, 1.54) is 6.07 Å². The van der Waals surface area contributed by atoms with E-state index in [1.807, 2.05) is 24.3 Å². The van der Waals surface area contributed by atoms with Crippen molar-refractivity contribution in [3.63, 3.8) is 0 Å². The number of fused-ring (bicyclic) bond motifs is 1. The van der Waals surface area contributed by atoms with Crippen LogP contribution >= 0.6 is 0 Å². The standard InChI is InChI=1S/C25H26F2N6O/c26-20-8-5-17(10-21(20)27)12-29-25-30-13-22-24(32-25)33(14-18-2-1-9-28-11-18)23(31-22)19-6-3-16(15-34)4-7-19/h3-8,10,13,18,28,34H,1-2,9,11-12,14-15H2,(H,29,30,32)/t18-/m1/s1. The van der Waals surface area contributed by atoms with E-state index in [4.69, 9.17) is 9.97 Å². The summed E-state index contributed by atoms with van der Waals surface area (Å²) in [6.07, 6.45) is 3.94. The molecule has 2 aromatic carbocycles. The fourth-order valence-electron chi connectivity index (χ4n) is 4.33. The molecule has 2 aromatic heterocycles. The number of hydrogen-bond acceptors (Lipinski definition) is 6. The van der Waals surface area contributed by atoms with Crippen LogP contribution in [0.4, 0.5) is 14.7 Å². The van der Waals surface area contributed by atoms with Gasteiger partial charge in [-0.15, -0.1) is 0 Å². The Kier molecular flexibility index (Phi) is 6.46. The summed E-state index contributed by atoms with van der Waals surface area (Å²) in [4.78, 5) is 13.9. The van der Waals surface area contributed by atoms with Crippen molar-refractivity contribution in [1.29, 1.82) is 0 Å². The van der Waals surface area contributed by atoms with Crippen LogP contribution in [0, 0.1) is 17.6 Å². The highest BCUT2D eigenvalue weighted by molar-refractivity contribution is 5.77. The van der Waals surface area contributed by atoms with Crippen molar-refractivity contribution in [3.05, 3.63) is 71.4 Å². The van der Waals surface area contributed by atoms with Gasteiger partial charge in [-0.05, 0) is 55.1 Å². The molecule has 9 heteroatoms. The first kappa shape index (κ1) is 22.4. The first-order valence-corrected chi connectivity index (χ1v) is 11.4. The lowest BCUT2D eigenvalue weighted by Gasteiger charge is -2.24. The predicted octanol–water partition coefficient (Wildman–Crippen LogP) is 3.88. The minimum absolute atomic E-state index is 0.0110. The van der Waals surface area contributed by atoms with E-state index in [9.17, 15) is 13.9 Å². The van der Waals surface area contributed by atoms with Crippen molar-refractivity contribution >= 4 is 17.1 Å². The largest absolute Gasteiger partial charge is 0.392 e. The summed E-state index contributed by atoms with van der Waals surface area (Å²) >= 11 is 0. The van der Waals surface area contributed by atoms with Gasteiger partial charge in [0.05, 0.1) is 12.8 Å². The van der Waals surface area contributed by atoms with Gasteiger partial charge in [-0.2, -0.15) is 4.98 Å². The molecule has 34 heavy (non-hydrogen) atoms. The Bertz CT molecular complexity index is 1280. The van der Waals surface area contributed by atoms with Crippen LogP contribution < -0.4 is 10.6 Å². The number of aliphatic hydroxyl groups excluding tert-OH is 1. The molecule has 0 radical (unpaired) electrons. The van der Waals surface area contributed by atoms with Gasteiger partial charge in [0.2, 0.25) is 5.95 Å². The molecule has 0 aliphatic carbocycles. The molecule has 0 spiro atoms. The summed E-state index contributed by atoms with van der Waals surface area (Å²) in [5.41, 5.74) is 3.77. The monoisotopic (exact) mass is 464 g/mol. The Morgan fingerprint density at radius 2 is 1.88 bits per heavy atom. The van der Waals surface area contributed by atoms with Crippen LogP contribution in [0.5, 0.6) is 0 Å². The van der Waals surface area contributed by atoms with Crippen LogP contribution in [0.25, 0.3) is 22.6 Å². The second kappa shape index (κ2) is 9.82. The molecular formula is C25H26F2N6O. The van der Waals surface area contributed by atoms with Gasteiger partial charge in [0.25, 0.3) is 0 Å². The van der Waals surface area contributed by atoms with Gasteiger partial charge >= 0.3 is 0 Å². The van der Waals surface area contributed by atoms with Crippen LogP contribution in [0.15, 0.2) is 48.7 Å². The molecule has 4 aromatic rings. The Morgan fingerprint density at radius 1 is 1.06 bits per heavy atom. The molecule has 176 valence electrons. The van der Waals surface area contributed by atoms with Gasteiger partial charge in [0.15, 0.2) is 17.3 Å². The van der Waals surface area contributed by atoms with E-state index >= 15 is 0 Å². The molecule has 3 heterocycles. The third-order valence-electron chi connectivity index (χ3n) is 6.16. The molecule has 0 amide bonds. The van der Waals surface area contributed by atoms with Crippen LogP contribution in [0.1, 0.15) is 24.0 Å². The molecule has 1 fully saturated rings. The van der Waals surface area contributed by atoms with Crippen LogP contribution in [0.3, 0.4) is 0 Å². The maximum atomic E-state index is 13.5. The van der Waals surface area contributed by atoms with Crippen molar-refractivity contribution in [1.82, 2.24) is 24.8 Å². The van der Waals surface area contributed by atoms with Crippen molar-refractivity contribution in [2.45, 2.75) is 32.5 Å². The molecule has 7 nitrogen and oxygen atoms in total. The van der Waals surface area contributed by atoms with E-state index in [1.54, 1.807) is 6.20 Å². The van der Waals surface area contributed by atoms with Crippen LogP contribution in [-0.4, -0.2) is 37.7 Å². The fraction of sp³-hybridized carbons (Fsp3) is 0.320. The number of hydrogen-bond donors (Lipinski definition) is 3. The number of nitrogens with one attached hydrogen (secondary N) is 2. The lowest BCUT2D eigenvalue weighted by atomic mass is 9.99. The van der Waals surface area contributed by atoms with Crippen LogP contribution in [0.2, 0.25) is 0 Å². The number of aliphatic hydroxyl groups is 1. The smallest absolute Gasteiger partial charge is 0.225 e. The van der Waals surface area contributed by atoms with Crippen molar-refractivity contribution in [3.8, 4) is 11.4 Å². The second-order valence-corrected chi connectivity index (χ2v) is 8.62. The molecule has 0 unspecified atom stereocenters. The average molecular weight is 465 g/mol. The Balaban J connectivity index is 1.48. The van der Waals surface area contributed by atoms with E-state index in [-0.39, 0.29) is 13.2 Å². The van der Waals surface area contributed by atoms with Crippen LogP contribution in [-0.2, 0) is 19.7 Å². The minimum Gasteiger partial charge on any atom is -0.392 e. The molecule has 1 aliphatic rings. The van der Waals surface area contributed by atoms with Crippen molar-refractivity contribution < 1.29 is 13.9 Å². The second-order valence-electron chi connectivity index (χ2n) is 8.62. The van der Waals surface area contributed by atoms with Gasteiger partial charge < -0.3 is 20.3 Å². The van der Waals surface area contributed by atoms with E-state index in [0.717, 1.165) is 67.2 Å². The number of nitrogens with zero attached hydrogens (tertiary/aromatic N) is 4. The number of piperidine rings is 1. The molecular weight excluding hydrogens is 438 g/mol. The number of aromatic nitrogens is 4. The maximum absolute atomic E-state index is 13.5. The molecule has 1 atom stereocenters. The van der Waals surface area contributed by atoms with E-state index in [0.29, 0.717) is 22.9 Å².